The lowest BCUT2D eigenvalue weighted by Crippen LogP contribution is -2.02. The molecule has 0 unspecified atom stereocenters. The van der Waals surface area contributed by atoms with E-state index in [0.717, 1.165) is 6.07 Å². The molecule has 0 bridgehead atoms. The molecule has 5 nitrogen and oxygen atoms in total. The van der Waals surface area contributed by atoms with Gasteiger partial charge in [0.15, 0.2) is 0 Å². The Kier molecular flexibility index (Phi) is 2.99. The Morgan fingerprint density at radius 1 is 1.62 bits per heavy atom. The van der Waals surface area contributed by atoms with Gasteiger partial charge in [-0.3, -0.25) is 0 Å². The van der Waals surface area contributed by atoms with Gasteiger partial charge in [-0.25, -0.2) is 4.98 Å². The molecule has 0 fully saturated rings. The molecular formula is C6H4F2N4O. The van der Waals surface area contributed by atoms with Crippen LogP contribution < -0.4 is 4.74 Å². The van der Waals surface area contributed by atoms with Crippen molar-refractivity contribution in [1.82, 2.24) is 4.98 Å². The number of hydrogen-bond acceptors (Lipinski definition) is 3. The van der Waals surface area contributed by atoms with E-state index in [9.17, 15) is 8.78 Å². The van der Waals surface area contributed by atoms with Gasteiger partial charge in [-0.15, -0.1) is 0 Å². The molecule has 0 aliphatic carbocycles. The summed E-state index contributed by atoms with van der Waals surface area (Å²) in [4.78, 5) is 5.96. The van der Waals surface area contributed by atoms with Crippen LogP contribution in [0.15, 0.2) is 23.4 Å². The maximum absolute atomic E-state index is 11.7. The van der Waals surface area contributed by atoms with Crippen LogP contribution in [0.2, 0.25) is 0 Å². The van der Waals surface area contributed by atoms with Crippen molar-refractivity contribution in [3.63, 3.8) is 0 Å². The van der Waals surface area contributed by atoms with E-state index in [1.54, 1.807) is 0 Å². The lowest BCUT2D eigenvalue weighted by Gasteiger charge is -2.02. The number of hydrogen-bond donors (Lipinski definition) is 0. The molecule has 13 heavy (non-hydrogen) atoms. The van der Waals surface area contributed by atoms with E-state index in [1.165, 1.54) is 12.3 Å². The van der Waals surface area contributed by atoms with Gasteiger partial charge in [0.2, 0.25) is 5.88 Å². The van der Waals surface area contributed by atoms with Crippen LogP contribution >= 0.6 is 0 Å². The molecule has 1 aromatic heterocycles. The predicted octanol–water partition coefficient (Wildman–Crippen LogP) is 2.62. The van der Waals surface area contributed by atoms with Gasteiger partial charge in [-0.1, -0.05) is 5.11 Å². The number of nitrogens with zero attached hydrogens (tertiary/aromatic N) is 4. The highest BCUT2D eigenvalue weighted by Gasteiger charge is 2.04. The highest BCUT2D eigenvalue weighted by atomic mass is 19.3. The molecule has 0 aromatic carbocycles. The van der Waals surface area contributed by atoms with Gasteiger partial charge in [0.05, 0.1) is 0 Å². The minimum absolute atomic E-state index is 0.174. The van der Waals surface area contributed by atoms with E-state index < -0.39 is 6.61 Å². The SMILES string of the molecule is [N-]=[N+]=Nc1ccnc(OC(F)F)c1. The zero-order chi connectivity index (χ0) is 9.68. The first-order chi connectivity index (χ1) is 6.22. The topological polar surface area (TPSA) is 70.9 Å². The summed E-state index contributed by atoms with van der Waals surface area (Å²) in [7, 11) is 0. The van der Waals surface area contributed by atoms with E-state index in [2.05, 4.69) is 19.7 Å². The highest BCUT2D eigenvalue weighted by Crippen LogP contribution is 2.18. The van der Waals surface area contributed by atoms with Crippen LogP contribution in [0, 0.1) is 0 Å². The molecule has 0 N–H and O–H groups in total. The van der Waals surface area contributed by atoms with E-state index >= 15 is 0 Å². The Morgan fingerprint density at radius 3 is 3.00 bits per heavy atom. The van der Waals surface area contributed by atoms with Crippen LogP contribution in [0.3, 0.4) is 0 Å². The Hall–Kier alpha value is -1.88. The van der Waals surface area contributed by atoms with Crippen molar-refractivity contribution >= 4 is 5.69 Å². The summed E-state index contributed by atoms with van der Waals surface area (Å²) in [6.07, 6.45) is 1.21. The summed E-state index contributed by atoms with van der Waals surface area (Å²) in [6, 6.07) is 2.49. The van der Waals surface area contributed by atoms with Crippen LogP contribution in [-0.2, 0) is 0 Å². The van der Waals surface area contributed by atoms with Gasteiger partial charge >= 0.3 is 6.61 Å². The average molecular weight is 186 g/mol. The fourth-order valence-corrected chi connectivity index (χ4v) is 0.669. The molecule has 7 heteroatoms. The number of azide groups is 1. The van der Waals surface area contributed by atoms with Crippen molar-refractivity contribution < 1.29 is 13.5 Å². The zero-order valence-corrected chi connectivity index (χ0v) is 6.26. The van der Waals surface area contributed by atoms with Crippen molar-refractivity contribution in [2.75, 3.05) is 0 Å². The second kappa shape index (κ2) is 4.22. The number of alkyl halides is 2. The molecule has 0 saturated carbocycles. The van der Waals surface area contributed by atoms with Gasteiger partial charge in [0, 0.05) is 22.9 Å². The van der Waals surface area contributed by atoms with Crippen LogP contribution in [0.1, 0.15) is 0 Å². The Bertz CT molecular complexity index is 337. The first kappa shape index (κ1) is 9.21. The number of halogens is 2. The molecule has 0 radical (unpaired) electrons. The Labute approximate surface area is 71.6 Å². The fraction of sp³-hybridized carbons (Fsp3) is 0.167. The van der Waals surface area contributed by atoms with Crippen molar-refractivity contribution in [3.05, 3.63) is 28.8 Å². The highest BCUT2D eigenvalue weighted by molar-refractivity contribution is 5.38. The molecule has 1 aromatic rings. The van der Waals surface area contributed by atoms with Crippen LogP contribution in [0.4, 0.5) is 14.5 Å². The van der Waals surface area contributed by atoms with Gasteiger partial charge in [0.25, 0.3) is 0 Å². The summed E-state index contributed by atoms with van der Waals surface area (Å²) in [5, 5.41) is 3.19. The fourth-order valence-electron chi connectivity index (χ4n) is 0.669. The molecule has 0 aliphatic rings. The van der Waals surface area contributed by atoms with Crippen molar-refractivity contribution in [2.24, 2.45) is 5.11 Å². The maximum Gasteiger partial charge on any atom is 0.388 e. The van der Waals surface area contributed by atoms with E-state index in [-0.39, 0.29) is 11.6 Å². The number of rotatable bonds is 3. The van der Waals surface area contributed by atoms with Gasteiger partial charge < -0.3 is 4.74 Å². The largest absolute Gasteiger partial charge is 0.417 e. The molecule has 0 saturated heterocycles. The number of ether oxygens (including phenoxy) is 1. The third kappa shape index (κ3) is 2.92. The number of pyridine rings is 1. The average Bonchev–Trinajstić information content (AvgIpc) is 2.04. The number of aromatic nitrogens is 1. The first-order valence-corrected chi connectivity index (χ1v) is 3.18. The smallest absolute Gasteiger partial charge is 0.388 e. The Morgan fingerprint density at radius 2 is 2.38 bits per heavy atom. The summed E-state index contributed by atoms with van der Waals surface area (Å²) in [5.41, 5.74) is 8.22. The molecule has 0 aliphatic heterocycles. The van der Waals surface area contributed by atoms with E-state index in [4.69, 9.17) is 5.53 Å². The second-order valence-corrected chi connectivity index (χ2v) is 1.92. The summed E-state index contributed by atoms with van der Waals surface area (Å²) >= 11 is 0. The standard InChI is InChI=1S/C6H4F2N4O/c7-6(8)13-5-3-4(11-12-9)1-2-10-5/h1-3,6H. The molecule has 0 atom stereocenters. The van der Waals surface area contributed by atoms with Crippen molar-refractivity contribution in [2.45, 2.75) is 6.61 Å². The molecule has 1 rings (SSSR count). The van der Waals surface area contributed by atoms with Gasteiger partial charge in [-0.05, 0) is 11.6 Å². The third-order valence-electron chi connectivity index (χ3n) is 1.09. The van der Waals surface area contributed by atoms with Crippen LogP contribution in [0.25, 0.3) is 10.4 Å². The first-order valence-electron chi connectivity index (χ1n) is 3.18. The summed E-state index contributed by atoms with van der Waals surface area (Å²) < 4.78 is 27.3. The van der Waals surface area contributed by atoms with Crippen molar-refractivity contribution in [3.8, 4) is 5.88 Å². The minimum Gasteiger partial charge on any atom is -0.417 e. The maximum atomic E-state index is 11.7. The van der Waals surface area contributed by atoms with E-state index in [0.29, 0.717) is 0 Å². The molecule has 0 spiro atoms. The van der Waals surface area contributed by atoms with E-state index in [1.807, 2.05) is 0 Å². The summed E-state index contributed by atoms with van der Waals surface area (Å²) in [6.45, 7) is -2.94. The van der Waals surface area contributed by atoms with Crippen LogP contribution in [0.5, 0.6) is 5.88 Å². The Balaban J connectivity index is 2.85. The van der Waals surface area contributed by atoms with Crippen LogP contribution in [-0.4, -0.2) is 11.6 Å². The molecule has 0 amide bonds. The molecule has 68 valence electrons. The lowest BCUT2D eigenvalue weighted by atomic mass is 10.4. The lowest BCUT2D eigenvalue weighted by molar-refractivity contribution is -0.0528. The summed E-state index contributed by atoms with van der Waals surface area (Å²) in [5.74, 6) is -0.278. The predicted molar refractivity (Wildman–Crippen MR) is 39.7 cm³/mol. The monoisotopic (exact) mass is 186 g/mol. The second-order valence-electron chi connectivity index (χ2n) is 1.92. The minimum atomic E-state index is -2.94. The van der Waals surface area contributed by atoms with Gasteiger partial charge in [-0.2, -0.15) is 8.78 Å². The van der Waals surface area contributed by atoms with Gasteiger partial charge in [0.1, 0.15) is 0 Å². The zero-order valence-electron chi connectivity index (χ0n) is 6.26. The quantitative estimate of drug-likeness (QED) is 0.413. The molecular weight excluding hydrogens is 182 g/mol. The third-order valence-corrected chi connectivity index (χ3v) is 1.09. The van der Waals surface area contributed by atoms with Crippen molar-refractivity contribution in [1.29, 1.82) is 0 Å². The molecule has 1 heterocycles. The normalized spacial score (nSPS) is 9.46.